The summed E-state index contributed by atoms with van der Waals surface area (Å²) in [6.45, 7) is 2.64. The molecule has 0 radical (unpaired) electrons. The van der Waals surface area contributed by atoms with Crippen molar-refractivity contribution in [3.05, 3.63) is 5.28 Å². The Bertz CT molecular complexity index is 499. The zero-order valence-corrected chi connectivity index (χ0v) is 12.3. The van der Waals surface area contributed by atoms with Crippen LogP contribution in [0.5, 0.6) is 0 Å². The molecule has 1 saturated heterocycles. The predicted molar refractivity (Wildman–Crippen MR) is 76.2 cm³/mol. The summed E-state index contributed by atoms with van der Waals surface area (Å²) in [5.74, 6) is -0.106. The van der Waals surface area contributed by atoms with Gasteiger partial charge in [-0.3, -0.25) is 4.79 Å². The fourth-order valence-electron chi connectivity index (χ4n) is 2.51. The van der Waals surface area contributed by atoms with Gasteiger partial charge < -0.3 is 15.3 Å². The van der Waals surface area contributed by atoms with Gasteiger partial charge in [0.05, 0.1) is 5.92 Å². The lowest BCUT2D eigenvalue weighted by Crippen LogP contribution is -2.45. The van der Waals surface area contributed by atoms with Crippen LogP contribution in [0.4, 0.5) is 11.9 Å². The average molecular weight is 300 g/mol. The zero-order chi connectivity index (χ0) is 14.7. The number of rotatable bonds is 4. The number of halogens is 1. The smallest absolute Gasteiger partial charge is 0.306 e. The van der Waals surface area contributed by atoms with Crippen molar-refractivity contribution in [2.45, 2.75) is 32.2 Å². The number of nitrogens with one attached hydrogen (secondary N) is 1. The first-order valence-corrected chi connectivity index (χ1v) is 7.01. The van der Waals surface area contributed by atoms with Gasteiger partial charge in [-0.25, -0.2) is 0 Å². The molecule has 2 heterocycles. The van der Waals surface area contributed by atoms with Crippen LogP contribution in [-0.4, -0.2) is 45.7 Å². The lowest BCUT2D eigenvalue weighted by atomic mass is 9.90. The highest BCUT2D eigenvalue weighted by atomic mass is 35.5. The first-order valence-electron chi connectivity index (χ1n) is 6.64. The summed E-state index contributed by atoms with van der Waals surface area (Å²) in [5.41, 5.74) is 0. The van der Waals surface area contributed by atoms with Gasteiger partial charge in [0.25, 0.3) is 0 Å². The summed E-state index contributed by atoms with van der Waals surface area (Å²) in [6, 6.07) is 0.105. The summed E-state index contributed by atoms with van der Waals surface area (Å²) < 4.78 is 0. The Kier molecular flexibility index (Phi) is 4.59. The van der Waals surface area contributed by atoms with E-state index in [1.165, 1.54) is 0 Å². The minimum atomic E-state index is -0.729. The molecule has 0 spiro atoms. The first-order chi connectivity index (χ1) is 9.55. The van der Waals surface area contributed by atoms with Crippen LogP contribution >= 0.6 is 11.6 Å². The average Bonchev–Trinajstić information content (AvgIpc) is 2.45. The van der Waals surface area contributed by atoms with Gasteiger partial charge in [-0.2, -0.15) is 15.0 Å². The van der Waals surface area contributed by atoms with E-state index in [-0.39, 0.29) is 17.2 Å². The number of nitrogens with zero attached hydrogens (tertiary/aromatic N) is 4. The number of hydrogen-bond donors (Lipinski definition) is 2. The molecule has 0 amide bonds. The van der Waals surface area contributed by atoms with Crippen molar-refractivity contribution in [2.75, 3.05) is 23.8 Å². The van der Waals surface area contributed by atoms with Gasteiger partial charge in [-0.05, 0) is 30.9 Å². The largest absolute Gasteiger partial charge is 0.481 e. The third-order valence-corrected chi connectivity index (χ3v) is 3.78. The van der Waals surface area contributed by atoms with E-state index in [1.54, 1.807) is 7.05 Å². The standard InChI is InChI=1S/C12H18ClN5O2/c1-3-8-6-7(9(19)20)4-5-18(8)12-16-10(13)15-11(14-2)17-12/h7-8H,3-6H2,1-2H3,(H,19,20)(H,14,15,16,17). The van der Waals surface area contributed by atoms with Crippen molar-refractivity contribution in [3.63, 3.8) is 0 Å². The van der Waals surface area contributed by atoms with Crippen LogP contribution in [0.15, 0.2) is 0 Å². The first kappa shape index (κ1) is 14.8. The van der Waals surface area contributed by atoms with Crippen LogP contribution < -0.4 is 10.2 Å². The molecule has 1 aliphatic rings. The topological polar surface area (TPSA) is 91.2 Å². The van der Waals surface area contributed by atoms with Crippen molar-refractivity contribution in [1.82, 2.24) is 15.0 Å². The third kappa shape index (κ3) is 3.09. The Morgan fingerprint density at radius 1 is 1.50 bits per heavy atom. The highest BCUT2D eigenvalue weighted by molar-refractivity contribution is 6.28. The highest BCUT2D eigenvalue weighted by Gasteiger charge is 2.32. The van der Waals surface area contributed by atoms with E-state index in [0.29, 0.717) is 31.3 Å². The highest BCUT2D eigenvalue weighted by Crippen LogP contribution is 2.28. The van der Waals surface area contributed by atoms with E-state index >= 15 is 0 Å². The van der Waals surface area contributed by atoms with Gasteiger partial charge in [0.2, 0.25) is 17.2 Å². The van der Waals surface area contributed by atoms with Crippen molar-refractivity contribution >= 4 is 29.5 Å². The molecule has 7 nitrogen and oxygen atoms in total. The second-order valence-electron chi connectivity index (χ2n) is 4.79. The summed E-state index contributed by atoms with van der Waals surface area (Å²) in [7, 11) is 1.71. The summed E-state index contributed by atoms with van der Waals surface area (Å²) in [6.07, 6.45) is 2.02. The van der Waals surface area contributed by atoms with Crippen LogP contribution in [0, 0.1) is 5.92 Å². The van der Waals surface area contributed by atoms with Crippen LogP contribution in [-0.2, 0) is 4.79 Å². The molecule has 2 unspecified atom stereocenters. The number of hydrogen-bond acceptors (Lipinski definition) is 6. The minimum absolute atomic E-state index is 0.105. The van der Waals surface area contributed by atoms with E-state index in [0.717, 1.165) is 6.42 Å². The van der Waals surface area contributed by atoms with Gasteiger partial charge in [0.15, 0.2) is 0 Å². The lowest BCUT2D eigenvalue weighted by molar-refractivity contribution is -0.142. The van der Waals surface area contributed by atoms with E-state index in [2.05, 4.69) is 20.3 Å². The van der Waals surface area contributed by atoms with Crippen LogP contribution in [0.3, 0.4) is 0 Å². The SMILES string of the molecule is CCC1CC(C(=O)O)CCN1c1nc(Cl)nc(NC)n1. The van der Waals surface area contributed by atoms with E-state index in [1.807, 2.05) is 11.8 Å². The maximum Gasteiger partial charge on any atom is 0.306 e. The van der Waals surface area contributed by atoms with Gasteiger partial charge in [-0.1, -0.05) is 6.92 Å². The predicted octanol–water partition coefficient (Wildman–Crippen LogP) is 1.65. The number of carbonyl (C=O) groups is 1. The summed E-state index contributed by atoms with van der Waals surface area (Å²) in [4.78, 5) is 25.6. The molecular formula is C12H18ClN5O2. The maximum absolute atomic E-state index is 11.1. The molecule has 0 bridgehead atoms. The summed E-state index contributed by atoms with van der Waals surface area (Å²) >= 11 is 5.90. The van der Waals surface area contributed by atoms with Crippen molar-refractivity contribution < 1.29 is 9.90 Å². The Balaban J connectivity index is 2.23. The second-order valence-corrected chi connectivity index (χ2v) is 5.13. The van der Waals surface area contributed by atoms with Crippen molar-refractivity contribution in [1.29, 1.82) is 0 Å². The molecule has 0 aromatic carbocycles. The van der Waals surface area contributed by atoms with Gasteiger partial charge in [-0.15, -0.1) is 0 Å². The van der Waals surface area contributed by atoms with Crippen molar-refractivity contribution in [2.24, 2.45) is 5.92 Å². The van der Waals surface area contributed by atoms with Gasteiger partial charge >= 0.3 is 5.97 Å². The normalized spacial score (nSPS) is 22.6. The number of anilines is 2. The molecule has 1 aliphatic heterocycles. The molecule has 20 heavy (non-hydrogen) atoms. The molecule has 0 saturated carbocycles. The molecule has 1 aromatic rings. The van der Waals surface area contributed by atoms with Crippen LogP contribution in [0.2, 0.25) is 5.28 Å². The number of aromatic nitrogens is 3. The number of carboxylic acid groups (broad SMARTS) is 1. The second kappa shape index (κ2) is 6.21. The maximum atomic E-state index is 11.1. The molecule has 2 atom stereocenters. The molecule has 1 aromatic heterocycles. The Hall–Kier alpha value is -1.63. The monoisotopic (exact) mass is 299 g/mol. The third-order valence-electron chi connectivity index (χ3n) is 3.61. The van der Waals surface area contributed by atoms with Crippen LogP contribution in [0.1, 0.15) is 26.2 Å². The van der Waals surface area contributed by atoms with E-state index in [9.17, 15) is 4.79 Å². The number of piperidine rings is 1. The Morgan fingerprint density at radius 2 is 2.25 bits per heavy atom. The summed E-state index contributed by atoms with van der Waals surface area (Å²) in [5, 5.41) is 12.1. The molecule has 8 heteroatoms. The van der Waals surface area contributed by atoms with E-state index in [4.69, 9.17) is 16.7 Å². The van der Waals surface area contributed by atoms with Crippen LogP contribution in [0.25, 0.3) is 0 Å². The molecule has 110 valence electrons. The fourth-order valence-corrected chi connectivity index (χ4v) is 2.66. The number of aliphatic carboxylic acids is 1. The Morgan fingerprint density at radius 3 is 2.85 bits per heavy atom. The molecule has 0 aliphatic carbocycles. The zero-order valence-electron chi connectivity index (χ0n) is 11.5. The molecule has 2 rings (SSSR count). The molecular weight excluding hydrogens is 282 g/mol. The minimum Gasteiger partial charge on any atom is -0.481 e. The lowest BCUT2D eigenvalue weighted by Gasteiger charge is -2.37. The van der Waals surface area contributed by atoms with E-state index < -0.39 is 5.97 Å². The van der Waals surface area contributed by atoms with Crippen molar-refractivity contribution in [3.8, 4) is 0 Å². The number of carboxylic acids is 1. The van der Waals surface area contributed by atoms with Gasteiger partial charge in [0, 0.05) is 19.6 Å². The fraction of sp³-hybridized carbons (Fsp3) is 0.667. The van der Waals surface area contributed by atoms with Gasteiger partial charge in [0.1, 0.15) is 0 Å². The molecule has 1 fully saturated rings. The Labute approximate surface area is 122 Å². The quantitative estimate of drug-likeness (QED) is 0.873. The molecule has 2 N–H and O–H groups in total.